The van der Waals surface area contributed by atoms with Crippen LogP contribution < -0.4 is 0 Å². The Balaban J connectivity index is 1.91. The fraction of sp³-hybridized carbons (Fsp3) is 0.600. The van der Waals surface area contributed by atoms with Crippen molar-refractivity contribution in [1.82, 2.24) is 4.90 Å². The molecule has 19 heavy (non-hydrogen) atoms. The third-order valence-electron chi connectivity index (χ3n) is 3.91. The lowest BCUT2D eigenvalue weighted by Gasteiger charge is -2.24. The fourth-order valence-electron chi connectivity index (χ4n) is 2.87. The molecule has 1 N–H and O–H groups in total. The van der Waals surface area contributed by atoms with Gasteiger partial charge < -0.3 is 10.0 Å². The molecule has 1 fully saturated rings. The van der Waals surface area contributed by atoms with Crippen molar-refractivity contribution in [3.63, 3.8) is 0 Å². The van der Waals surface area contributed by atoms with Crippen LogP contribution in [-0.2, 0) is 6.42 Å². The first-order valence-electron chi connectivity index (χ1n) is 7.00. The second-order valence-electron chi connectivity index (χ2n) is 5.15. The predicted octanol–water partition coefficient (Wildman–Crippen LogP) is 3.26. The molecule has 1 unspecified atom stereocenters. The number of nitrogens with zero attached hydrogens (tertiary/aromatic N) is 1. The molecule has 0 aromatic heterocycles. The summed E-state index contributed by atoms with van der Waals surface area (Å²) >= 11 is 6.04. The highest BCUT2D eigenvalue weighted by atomic mass is 35.5. The molecule has 1 aromatic carbocycles. The van der Waals surface area contributed by atoms with Gasteiger partial charge in [-0.3, -0.25) is 0 Å². The maximum absolute atomic E-state index is 13.7. The summed E-state index contributed by atoms with van der Waals surface area (Å²) in [5, 5.41) is 9.43. The van der Waals surface area contributed by atoms with Crippen molar-refractivity contribution in [3.05, 3.63) is 34.6 Å². The number of benzene rings is 1. The lowest BCUT2D eigenvalue weighted by molar-refractivity contribution is 0.217. The second-order valence-corrected chi connectivity index (χ2v) is 5.56. The highest BCUT2D eigenvalue weighted by Crippen LogP contribution is 2.24. The molecule has 1 heterocycles. The molecule has 1 atom stereocenters. The molecule has 1 aliphatic rings. The molecule has 1 aromatic rings. The van der Waals surface area contributed by atoms with E-state index >= 15 is 0 Å². The van der Waals surface area contributed by atoms with E-state index in [-0.39, 0.29) is 12.4 Å². The number of halogens is 2. The van der Waals surface area contributed by atoms with E-state index in [4.69, 9.17) is 16.7 Å². The van der Waals surface area contributed by atoms with E-state index in [0.717, 1.165) is 25.9 Å². The van der Waals surface area contributed by atoms with Crippen molar-refractivity contribution in [2.75, 3.05) is 19.7 Å². The van der Waals surface area contributed by atoms with Crippen LogP contribution in [0.3, 0.4) is 0 Å². The van der Waals surface area contributed by atoms with E-state index in [1.807, 2.05) is 0 Å². The van der Waals surface area contributed by atoms with Gasteiger partial charge in [0.05, 0.1) is 0 Å². The van der Waals surface area contributed by atoms with Crippen LogP contribution in [0.15, 0.2) is 18.2 Å². The Morgan fingerprint density at radius 2 is 2.26 bits per heavy atom. The molecule has 1 saturated heterocycles. The molecule has 0 amide bonds. The first-order chi connectivity index (χ1) is 9.22. The Morgan fingerprint density at radius 1 is 1.42 bits per heavy atom. The van der Waals surface area contributed by atoms with Crippen molar-refractivity contribution in [2.45, 2.75) is 38.1 Å². The lowest BCUT2D eigenvalue weighted by atomic mass is 10.1. The molecule has 2 rings (SSSR count). The molecule has 2 nitrogen and oxygen atoms in total. The number of rotatable bonds is 6. The number of aliphatic hydroxyl groups excluding tert-OH is 1. The minimum Gasteiger partial charge on any atom is -0.396 e. The van der Waals surface area contributed by atoms with Crippen LogP contribution in [0.5, 0.6) is 0 Å². The van der Waals surface area contributed by atoms with Gasteiger partial charge in [-0.2, -0.15) is 0 Å². The highest BCUT2D eigenvalue weighted by Gasteiger charge is 2.23. The van der Waals surface area contributed by atoms with Crippen LogP contribution >= 0.6 is 11.6 Å². The van der Waals surface area contributed by atoms with Gasteiger partial charge in [0.2, 0.25) is 0 Å². The van der Waals surface area contributed by atoms with Crippen LogP contribution in [0, 0.1) is 5.82 Å². The average molecular weight is 286 g/mol. The van der Waals surface area contributed by atoms with Crippen LogP contribution in [0.25, 0.3) is 0 Å². The van der Waals surface area contributed by atoms with Gasteiger partial charge in [-0.1, -0.05) is 17.7 Å². The normalized spacial score (nSPS) is 20.1. The molecule has 0 radical (unpaired) electrons. The fourth-order valence-corrected chi connectivity index (χ4v) is 3.13. The van der Waals surface area contributed by atoms with Crippen molar-refractivity contribution in [3.8, 4) is 0 Å². The van der Waals surface area contributed by atoms with Gasteiger partial charge in [-0.25, -0.2) is 4.39 Å². The van der Waals surface area contributed by atoms with Gasteiger partial charge in [0.25, 0.3) is 0 Å². The number of aliphatic hydroxyl groups is 1. The average Bonchev–Trinajstić information content (AvgIpc) is 2.83. The van der Waals surface area contributed by atoms with Gasteiger partial charge in [-0.05, 0) is 50.8 Å². The maximum atomic E-state index is 13.7. The van der Waals surface area contributed by atoms with Crippen LogP contribution in [0.4, 0.5) is 4.39 Å². The van der Waals surface area contributed by atoms with Crippen LogP contribution in [0.2, 0.25) is 5.02 Å². The summed E-state index contributed by atoms with van der Waals surface area (Å²) in [5.41, 5.74) is 0.622. The minimum absolute atomic E-state index is 0.210. The molecule has 106 valence electrons. The summed E-state index contributed by atoms with van der Waals surface area (Å²) in [4.78, 5) is 2.40. The molecule has 1 aliphatic heterocycles. The van der Waals surface area contributed by atoms with Crippen molar-refractivity contribution < 1.29 is 9.50 Å². The summed E-state index contributed by atoms with van der Waals surface area (Å²) in [5.74, 6) is -0.210. The minimum atomic E-state index is -0.210. The molecule has 4 heteroatoms. The smallest absolute Gasteiger partial charge is 0.127 e. The molecular weight excluding hydrogens is 265 g/mol. The van der Waals surface area contributed by atoms with E-state index in [9.17, 15) is 4.39 Å². The van der Waals surface area contributed by atoms with Crippen LogP contribution in [0.1, 0.15) is 31.2 Å². The monoisotopic (exact) mass is 285 g/mol. The number of likely N-dealkylation sites (tertiary alicyclic amines) is 1. The zero-order chi connectivity index (χ0) is 13.7. The van der Waals surface area contributed by atoms with E-state index in [0.29, 0.717) is 23.0 Å². The van der Waals surface area contributed by atoms with Gasteiger partial charge in [0, 0.05) is 29.8 Å². The maximum Gasteiger partial charge on any atom is 0.127 e. The standard InChI is InChI=1S/C15H21ClFNO/c16-14-6-1-7-15(17)13(14)8-10-18-9-2-4-12(18)5-3-11-19/h1,6-7,12,19H,2-5,8-11H2. The Kier molecular flexibility index (Phi) is 5.61. The number of hydrogen-bond acceptors (Lipinski definition) is 2. The third kappa shape index (κ3) is 3.91. The first kappa shape index (κ1) is 14.8. The Hall–Kier alpha value is -0.640. The zero-order valence-corrected chi connectivity index (χ0v) is 11.9. The van der Waals surface area contributed by atoms with E-state index in [1.165, 1.54) is 18.9 Å². The largest absolute Gasteiger partial charge is 0.396 e. The van der Waals surface area contributed by atoms with Crippen LogP contribution in [-0.4, -0.2) is 35.7 Å². The molecule has 0 spiro atoms. The van der Waals surface area contributed by atoms with Gasteiger partial charge in [-0.15, -0.1) is 0 Å². The van der Waals surface area contributed by atoms with Crippen molar-refractivity contribution >= 4 is 11.6 Å². The summed E-state index contributed by atoms with van der Waals surface area (Å²) in [7, 11) is 0. The summed E-state index contributed by atoms with van der Waals surface area (Å²) in [6.07, 6.45) is 4.91. The van der Waals surface area contributed by atoms with Gasteiger partial charge in [0.15, 0.2) is 0 Å². The van der Waals surface area contributed by atoms with E-state index in [1.54, 1.807) is 12.1 Å². The zero-order valence-electron chi connectivity index (χ0n) is 11.1. The Bertz CT molecular complexity index is 393. The quantitative estimate of drug-likeness (QED) is 0.867. The Labute approximate surface area is 119 Å². The van der Waals surface area contributed by atoms with Crippen molar-refractivity contribution in [2.24, 2.45) is 0 Å². The summed E-state index contributed by atoms with van der Waals surface area (Å²) in [6, 6.07) is 5.39. The molecule has 0 aliphatic carbocycles. The molecule has 0 bridgehead atoms. The second kappa shape index (κ2) is 7.22. The van der Waals surface area contributed by atoms with Crippen molar-refractivity contribution in [1.29, 1.82) is 0 Å². The van der Waals surface area contributed by atoms with E-state index in [2.05, 4.69) is 4.90 Å². The summed E-state index contributed by atoms with van der Waals surface area (Å²) in [6.45, 7) is 2.17. The third-order valence-corrected chi connectivity index (χ3v) is 4.26. The van der Waals surface area contributed by atoms with Gasteiger partial charge in [0.1, 0.15) is 5.82 Å². The molecule has 0 saturated carbocycles. The highest BCUT2D eigenvalue weighted by molar-refractivity contribution is 6.31. The SMILES string of the molecule is OCCCC1CCCN1CCc1c(F)cccc1Cl. The topological polar surface area (TPSA) is 23.5 Å². The first-order valence-corrected chi connectivity index (χ1v) is 7.38. The predicted molar refractivity (Wildman–Crippen MR) is 76.0 cm³/mol. The Morgan fingerprint density at radius 3 is 3.00 bits per heavy atom. The van der Waals surface area contributed by atoms with Gasteiger partial charge >= 0.3 is 0 Å². The molecular formula is C15H21ClFNO. The summed E-state index contributed by atoms with van der Waals surface area (Å²) < 4.78 is 13.7. The van der Waals surface area contributed by atoms with E-state index < -0.39 is 0 Å². The lowest BCUT2D eigenvalue weighted by Crippen LogP contribution is -2.31. The number of hydrogen-bond donors (Lipinski definition) is 1.